The second kappa shape index (κ2) is 5.13. The second-order valence-corrected chi connectivity index (χ2v) is 7.27. The van der Waals surface area contributed by atoms with Crippen LogP contribution in [0.1, 0.15) is 77.0 Å². The van der Waals surface area contributed by atoms with Gasteiger partial charge in [0.05, 0.1) is 6.61 Å². The van der Waals surface area contributed by atoms with Gasteiger partial charge in [-0.05, 0) is 56.8 Å². The molecule has 3 rings (SSSR count). The first-order valence-electron chi connectivity index (χ1n) is 8.15. The molecule has 3 saturated carbocycles. The molecular weight excluding hydrogens is 222 g/mol. The standard InChI is InChI=1S/C16H29NO/c18-13-16(17-14-5-1-2-6-14)11-9-15(10-12-16)7-3-4-8-15/h14,17-18H,1-13H2. The van der Waals surface area contributed by atoms with Gasteiger partial charge in [-0.2, -0.15) is 0 Å². The van der Waals surface area contributed by atoms with Crippen LogP contribution >= 0.6 is 0 Å². The fourth-order valence-electron chi connectivity index (χ4n) is 4.74. The van der Waals surface area contributed by atoms with E-state index in [9.17, 15) is 5.11 Å². The zero-order chi connectivity index (χ0) is 12.5. The number of hydrogen-bond donors (Lipinski definition) is 2. The van der Waals surface area contributed by atoms with Crippen molar-refractivity contribution in [1.82, 2.24) is 5.32 Å². The highest BCUT2D eigenvalue weighted by Gasteiger charge is 2.44. The highest BCUT2D eigenvalue weighted by molar-refractivity contribution is 5.00. The quantitative estimate of drug-likeness (QED) is 0.806. The summed E-state index contributed by atoms with van der Waals surface area (Å²) in [5, 5.41) is 13.7. The van der Waals surface area contributed by atoms with Gasteiger partial charge in [-0.15, -0.1) is 0 Å². The summed E-state index contributed by atoms with van der Waals surface area (Å²) in [6.07, 6.45) is 16.3. The van der Waals surface area contributed by atoms with E-state index in [0.717, 1.165) is 0 Å². The summed E-state index contributed by atoms with van der Waals surface area (Å²) in [6, 6.07) is 0.690. The maximum atomic E-state index is 9.87. The SMILES string of the molecule is OCC1(NC2CCCC2)CCC2(CCCC2)CC1. The van der Waals surface area contributed by atoms with Crippen molar-refractivity contribution in [3.8, 4) is 0 Å². The van der Waals surface area contributed by atoms with E-state index in [4.69, 9.17) is 0 Å². The largest absolute Gasteiger partial charge is 0.394 e. The zero-order valence-electron chi connectivity index (χ0n) is 11.7. The molecule has 1 spiro atoms. The molecule has 0 bridgehead atoms. The molecule has 0 aromatic carbocycles. The molecule has 2 N–H and O–H groups in total. The molecule has 0 aromatic heterocycles. The minimum Gasteiger partial charge on any atom is -0.394 e. The summed E-state index contributed by atoms with van der Waals surface area (Å²) < 4.78 is 0. The summed E-state index contributed by atoms with van der Waals surface area (Å²) in [4.78, 5) is 0. The Kier molecular flexibility index (Phi) is 3.68. The highest BCUT2D eigenvalue weighted by atomic mass is 16.3. The molecule has 0 aliphatic heterocycles. The van der Waals surface area contributed by atoms with E-state index in [1.54, 1.807) is 0 Å². The summed E-state index contributed by atoms with van der Waals surface area (Å²) in [5.74, 6) is 0. The molecular formula is C16H29NO. The Balaban J connectivity index is 1.59. The third kappa shape index (κ3) is 2.46. The van der Waals surface area contributed by atoms with Crippen LogP contribution in [0, 0.1) is 5.41 Å². The minimum atomic E-state index is 0.0723. The summed E-state index contributed by atoms with van der Waals surface area (Å²) >= 11 is 0. The first-order chi connectivity index (χ1) is 8.76. The summed E-state index contributed by atoms with van der Waals surface area (Å²) in [5.41, 5.74) is 0.749. The molecule has 0 saturated heterocycles. The van der Waals surface area contributed by atoms with Gasteiger partial charge < -0.3 is 10.4 Å². The van der Waals surface area contributed by atoms with Gasteiger partial charge in [0.15, 0.2) is 0 Å². The molecule has 0 heterocycles. The molecule has 2 nitrogen and oxygen atoms in total. The Morgan fingerprint density at radius 2 is 1.44 bits per heavy atom. The van der Waals surface area contributed by atoms with Gasteiger partial charge in [-0.25, -0.2) is 0 Å². The number of aliphatic hydroxyl groups excluding tert-OH is 1. The molecule has 3 aliphatic carbocycles. The molecule has 3 aliphatic rings. The van der Waals surface area contributed by atoms with Crippen LogP contribution in [0.5, 0.6) is 0 Å². The Morgan fingerprint density at radius 1 is 0.833 bits per heavy atom. The molecule has 0 unspecified atom stereocenters. The molecule has 2 heteroatoms. The minimum absolute atomic E-state index is 0.0723. The predicted molar refractivity (Wildman–Crippen MR) is 74.6 cm³/mol. The maximum Gasteiger partial charge on any atom is 0.0613 e. The average molecular weight is 251 g/mol. The Bertz CT molecular complexity index is 267. The normalized spacial score (nSPS) is 31.2. The van der Waals surface area contributed by atoms with Crippen LogP contribution in [0.2, 0.25) is 0 Å². The van der Waals surface area contributed by atoms with E-state index >= 15 is 0 Å². The van der Waals surface area contributed by atoms with Gasteiger partial charge in [-0.1, -0.05) is 25.7 Å². The first-order valence-corrected chi connectivity index (χ1v) is 8.15. The van der Waals surface area contributed by atoms with E-state index in [-0.39, 0.29) is 5.54 Å². The third-order valence-electron chi connectivity index (χ3n) is 6.10. The van der Waals surface area contributed by atoms with Gasteiger partial charge in [0.25, 0.3) is 0 Å². The van der Waals surface area contributed by atoms with Crippen LogP contribution in [-0.2, 0) is 0 Å². The highest BCUT2D eigenvalue weighted by Crippen LogP contribution is 2.51. The predicted octanol–water partition coefficient (Wildman–Crippen LogP) is 3.38. The Labute approximate surface area is 112 Å². The lowest BCUT2D eigenvalue weighted by Gasteiger charge is -2.46. The van der Waals surface area contributed by atoms with Gasteiger partial charge in [0, 0.05) is 11.6 Å². The summed E-state index contributed by atoms with van der Waals surface area (Å²) in [6.45, 7) is 0.347. The Hall–Kier alpha value is -0.0800. The van der Waals surface area contributed by atoms with E-state index in [2.05, 4.69) is 5.32 Å². The third-order valence-corrected chi connectivity index (χ3v) is 6.10. The van der Waals surface area contributed by atoms with Gasteiger partial charge >= 0.3 is 0 Å². The van der Waals surface area contributed by atoms with Crippen molar-refractivity contribution in [2.75, 3.05) is 6.61 Å². The van der Waals surface area contributed by atoms with E-state index < -0.39 is 0 Å². The number of hydrogen-bond acceptors (Lipinski definition) is 2. The lowest BCUT2D eigenvalue weighted by molar-refractivity contribution is 0.0548. The van der Waals surface area contributed by atoms with Gasteiger partial charge in [0.2, 0.25) is 0 Å². The van der Waals surface area contributed by atoms with Crippen molar-refractivity contribution in [2.45, 2.75) is 88.6 Å². The molecule has 0 radical (unpaired) electrons. The monoisotopic (exact) mass is 251 g/mol. The van der Waals surface area contributed by atoms with Crippen molar-refractivity contribution in [3.63, 3.8) is 0 Å². The average Bonchev–Trinajstić information content (AvgIpc) is 3.05. The fraction of sp³-hybridized carbons (Fsp3) is 1.00. The first kappa shape index (κ1) is 12.9. The van der Waals surface area contributed by atoms with Crippen molar-refractivity contribution in [3.05, 3.63) is 0 Å². The number of aliphatic hydroxyl groups is 1. The smallest absolute Gasteiger partial charge is 0.0613 e. The molecule has 0 amide bonds. The molecule has 0 atom stereocenters. The molecule has 104 valence electrons. The van der Waals surface area contributed by atoms with Crippen molar-refractivity contribution in [1.29, 1.82) is 0 Å². The van der Waals surface area contributed by atoms with Crippen molar-refractivity contribution >= 4 is 0 Å². The van der Waals surface area contributed by atoms with Crippen LogP contribution < -0.4 is 5.32 Å². The van der Waals surface area contributed by atoms with Gasteiger partial charge in [0.1, 0.15) is 0 Å². The van der Waals surface area contributed by atoms with Crippen molar-refractivity contribution < 1.29 is 5.11 Å². The van der Waals surface area contributed by atoms with E-state index in [1.165, 1.54) is 77.0 Å². The Morgan fingerprint density at radius 3 is 2.00 bits per heavy atom. The topological polar surface area (TPSA) is 32.3 Å². The summed E-state index contributed by atoms with van der Waals surface area (Å²) in [7, 11) is 0. The molecule has 18 heavy (non-hydrogen) atoms. The van der Waals surface area contributed by atoms with Crippen molar-refractivity contribution in [2.24, 2.45) is 5.41 Å². The fourth-order valence-corrected chi connectivity index (χ4v) is 4.74. The molecule has 3 fully saturated rings. The van der Waals surface area contributed by atoms with E-state index in [0.29, 0.717) is 18.1 Å². The zero-order valence-corrected chi connectivity index (χ0v) is 11.7. The number of rotatable bonds is 3. The maximum absolute atomic E-state index is 9.87. The lowest BCUT2D eigenvalue weighted by atomic mass is 9.66. The van der Waals surface area contributed by atoms with Crippen LogP contribution in [0.15, 0.2) is 0 Å². The molecule has 0 aromatic rings. The van der Waals surface area contributed by atoms with Crippen LogP contribution in [-0.4, -0.2) is 23.3 Å². The number of nitrogens with one attached hydrogen (secondary N) is 1. The van der Waals surface area contributed by atoms with Crippen LogP contribution in [0.25, 0.3) is 0 Å². The van der Waals surface area contributed by atoms with Gasteiger partial charge in [-0.3, -0.25) is 0 Å². The second-order valence-electron chi connectivity index (χ2n) is 7.27. The van der Waals surface area contributed by atoms with E-state index in [1.807, 2.05) is 0 Å². The van der Waals surface area contributed by atoms with Crippen LogP contribution in [0.4, 0.5) is 0 Å². The lowest BCUT2D eigenvalue weighted by Crippen LogP contribution is -2.55. The van der Waals surface area contributed by atoms with Crippen LogP contribution in [0.3, 0.4) is 0 Å².